The van der Waals surface area contributed by atoms with E-state index >= 15 is 0 Å². The zero-order valence-electron chi connectivity index (χ0n) is 9.75. The van der Waals surface area contributed by atoms with Crippen LogP contribution in [-0.4, -0.2) is 56.7 Å². The Bertz CT molecular complexity index is 154. The molecule has 1 rings (SSSR count). The zero-order chi connectivity index (χ0) is 11.5. The zero-order valence-corrected chi connectivity index (χ0v) is 11.9. The summed E-state index contributed by atoms with van der Waals surface area (Å²) in [5.41, 5.74) is 0. The van der Waals surface area contributed by atoms with Gasteiger partial charge in [0.2, 0.25) is 0 Å². The van der Waals surface area contributed by atoms with Gasteiger partial charge in [0.1, 0.15) is 0 Å². The maximum Gasteiger partial charge on any atom is 0.0704 e. The first-order chi connectivity index (χ1) is 7.93. The fraction of sp³-hybridized carbons (Fsp3) is 1.00. The van der Waals surface area contributed by atoms with E-state index in [0.717, 1.165) is 37.0 Å². The lowest BCUT2D eigenvalue weighted by atomic mass is 10.1. The molecule has 0 aliphatic carbocycles. The van der Waals surface area contributed by atoms with E-state index in [4.69, 9.17) is 14.2 Å². The Kier molecular flexibility index (Phi) is 9.79. The number of rotatable bonds is 9. The number of ether oxygens (including phenoxy) is 3. The van der Waals surface area contributed by atoms with Crippen LogP contribution >= 0.6 is 22.6 Å². The molecule has 0 saturated carbocycles. The summed E-state index contributed by atoms with van der Waals surface area (Å²) in [5, 5.41) is 3.32. The second-order valence-corrected chi connectivity index (χ2v) is 4.81. The van der Waals surface area contributed by atoms with E-state index in [0.29, 0.717) is 32.5 Å². The summed E-state index contributed by atoms with van der Waals surface area (Å²) < 4.78 is 17.4. The highest BCUT2D eigenvalue weighted by atomic mass is 127. The molecule has 5 heteroatoms. The van der Waals surface area contributed by atoms with Crippen LogP contribution in [0.2, 0.25) is 0 Å². The van der Waals surface area contributed by atoms with Crippen molar-refractivity contribution >= 4 is 22.6 Å². The average Bonchev–Trinajstić information content (AvgIpc) is 2.34. The molecule has 0 spiro atoms. The molecule has 1 saturated heterocycles. The molecule has 0 unspecified atom stereocenters. The minimum atomic E-state index is 0.431. The molecule has 1 fully saturated rings. The van der Waals surface area contributed by atoms with Crippen molar-refractivity contribution in [3.05, 3.63) is 0 Å². The molecule has 0 aromatic heterocycles. The first-order valence-electron chi connectivity index (χ1n) is 5.97. The molecule has 0 atom stereocenters. The number of nitrogens with one attached hydrogen (secondary N) is 1. The van der Waals surface area contributed by atoms with Crippen molar-refractivity contribution in [1.82, 2.24) is 5.32 Å². The maximum atomic E-state index is 5.70. The van der Waals surface area contributed by atoms with Gasteiger partial charge in [0.15, 0.2) is 0 Å². The molecular weight excluding hydrogens is 321 g/mol. The fourth-order valence-corrected chi connectivity index (χ4v) is 1.92. The molecule has 0 bridgehead atoms. The van der Waals surface area contributed by atoms with Crippen LogP contribution in [0.25, 0.3) is 0 Å². The summed E-state index contributed by atoms with van der Waals surface area (Å²) in [5.74, 6) is 0. The Balaban J connectivity index is 1.77. The molecule has 96 valence electrons. The van der Waals surface area contributed by atoms with Crippen molar-refractivity contribution in [2.45, 2.75) is 18.9 Å². The molecule has 16 heavy (non-hydrogen) atoms. The summed E-state index contributed by atoms with van der Waals surface area (Å²) in [6.45, 7) is 5.72. The second-order valence-electron chi connectivity index (χ2n) is 3.73. The van der Waals surface area contributed by atoms with Crippen molar-refractivity contribution in [2.24, 2.45) is 0 Å². The highest BCUT2D eigenvalue weighted by Crippen LogP contribution is 2.06. The molecule has 0 amide bonds. The Labute approximate surface area is 112 Å². The number of piperidine rings is 1. The summed E-state index contributed by atoms with van der Waals surface area (Å²) in [4.78, 5) is 0. The van der Waals surface area contributed by atoms with Gasteiger partial charge in [-0.1, -0.05) is 22.6 Å². The SMILES string of the molecule is ICCOCCOCCOC1CCNCC1. The van der Waals surface area contributed by atoms with E-state index in [2.05, 4.69) is 27.9 Å². The molecule has 0 radical (unpaired) electrons. The molecule has 1 heterocycles. The first-order valence-corrected chi connectivity index (χ1v) is 7.50. The topological polar surface area (TPSA) is 39.7 Å². The maximum absolute atomic E-state index is 5.70. The van der Waals surface area contributed by atoms with Crippen molar-refractivity contribution in [1.29, 1.82) is 0 Å². The Morgan fingerprint density at radius 3 is 2.25 bits per heavy atom. The summed E-state index contributed by atoms with van der Waals surface area (Å²) in [6, 6.07) is 0. The van der Waals surface area contributed by atoms with E-state index < -0.39 is 0 Å². The van der Waals surface area contributed by atoms with Crippen LogP contribution in [0.3, 0.4) is 0 Å². The van der Waals surface area contributed by atoms with Crippen molar-refractivity contribution in [2.75, 3.05) is 50.6 Å². The lowest BCUT2D eigenvalue weighted by Gasteiger charge is -2.22. The van der Waals surface area contributed by atoms with Gasteiger partial charge < -0.3 is 19.5 Å². The van der Waals surface area contributed by atoms with E-state index in [1.54, 1.807) is 0 Å². The van der Waals surface area contributed by atoms with Gasteiger partial charge in [0, 0.05) is 4.43 Å². The number of hydrogen-bond donors (Lipinski definition) is 1. The number of alkyl halides is 1. The molecular formula is C11H22INO3. The number of hydrogen-bond acceptors (Lipinski definition) is 4. The van der Waals surface area contributed by atoms with Crippen LogP contribution in [0.1, 0.15) is 12.8 Å². The predicted molar refractivity (Wildman–Crippen MR) is 72.4 cm³/mol. The minimum Gasteiger partial charge on any atom is -0.378 e. The monoisotopic (exact) mass is 343 g/mol. The van der Waals surface area contributed by atoms with Crippen molar-refractivity contribution < 1.29 is 14.2 Å². The van der Waals surface area contributed by atoms with E-state index in [9.17, 15) is 0 Å². The minimum absolute atomic E-state index is 0.431. The lowest BCUT2D eigenvalue weighted by molar-refractivity contribution is -0.0185. The summed E-state index contributed by atoms with van der Waals surface area (Å²) >= 11 is 2.30. The Morgan fingerprint density at radius 1 is 0.938 bits per heavy atom. The highest BCUT2D eigenvalue weighted by molar-refractivity contribution is 14.1. The van der Waals surface area contributed by atoms with Gasteiger partial charge in [-0.2, -0.15) is 0 Å². The van der Waals surface area contributed by atoms with Gasteiger partial charge in [-0.05, 0) is 25.9 Å². The molecule has 0 aromatic rings. The quantitative estimate of drug-likeness (QED) is 0.388. The summed E-state index contributed by atoms with van der Waals surface area (Å²) in [6.07, 6.45) is 2.68. The van der Waals surface area contributed by atoms with Gasteiger partial charge >= 0.3 is 0 Å². The normalized spacial score (nSPS) is 17.8. The van der Waals surface area contributed by atoms with Gasteiger partial charge in [-0.3, -0.25) is 0 Å². The van der Waals surface area contributed by atoms with Gasteiger partial charge in [-0.15, -0.1) is 0 Å². The van der Waals surface area contributed by atoms with Gasteiger partial charge in [0.05, 0.1) is 39.1 Å². The van der Waals surface area contributed by atoms with Gasteiger partial charge in [0.25, 0.3) is 0 Å². The molecule has 1 aliphatic rings. The van der Waals surface area contributed by atoms with Crippen LogP contribution in [0.4, 0.5) is 0 Å². The number of halogens is 1. The van der Waals surface area contributed by atoms with Crippen LogP contribution in [0.5, 0.6) is 0 Å². The van der Waals surface area contributed by atoms with Crippen LogP contribution < -0.4 is 5.32 Å². The van der Waals surface area contributed by atoms with Crippen LogP contribution in [-0.2, 0) is 14.2 Å². The third-order valence-electron chi connectivity index (χ3n) is 2.46. The Morgan fingerprint density at radius 2 is 1.56 bits per heavy atom. The fourth-order valence-electron chi connectivity index (χ4n) is 1.61. The molecule has 4 nitrogen and oxygen atoms in total. The van der Waals surface area contributed by atoms with E-state index in [1.807, 2.05) is 0 Å². The lowest BCUT2D eigenvalue weighted by Crippen LogP contribution is -2.33. The molecule has 0 aromatic carbocycles. The Hall–Kier alpha value is 0.570. The molecule has 1 N–H and O–H groups in total. The molecule has 1 aliphatic heterocycles. The smallest absolute Gasteiger partial charge is 0.0704 e. The van der Waals surface area contributed by atoms with E-state index in [1.165, 1.54) is 0 Å². The van der Waals surface area contributed by atoms with E-state index in [-0.39, 0.29) is 0 Å². The van der Waals surface area contributed by atoms with Crippen LogP contribution in [0.15, 0.2) is 0 Å². The third-order valence-corrected chi connectivity index (χ3v) is 2.90. The highest BCUT2D eigenvalue weighted by Gasteiger charge is 2.12. The summed E-state index contributed by atoms with van der Waals surface area (Å²) in [7, 11) is 0. The van der Waals surface area contributed by atoms with Crippen molar-refractivity contribution in [3.63, 3.8) is 0 Å². The van der Waals surface area contributed by atoms with Crippen molar-refractivity contribution in [3.8, 4) is 0 Å². The van der Waals surface area contributed by atoms with Gasteiger partial charge in [-0.25, -0.2) is 0 Å². The largest absolute Gasteiger partial charge is 0.378 e. The second kappa shape index (κ2) is 10.7. The van der Waals surface area contributed by atoms with Crippen LogP contribution in [0, 0.1) is 0 Å². The first kappa shape index (κ1) is 14.6. The third kappa shape index (κ3) is 7.78. The predicted octanol–water partition coefficient (Wildman–Crippen LogP) is 1.22. The average molecular weight is 343 g/mol. The standard InChI is InChI=1S/C11H22INO3/c12-3-6-14-7-8-15-9-10-16-11-1-4-13-5-2-11/h11,13H,1-10H2.